The van der Waals surface area contributed by atoms with Crippen LogP contribution in [0.15, 0.2) is 40.6 Å². The molecule has 0 N–H and O–H groups in total. The van der Waals surface area contributed by atoms with Crippen molar-refractivity contribution in [2.45, 2.75) is 58.7 Å². The van der Waals surface area contributed by atoms with Gasteiger partial charge in [0.25, 0.3) is 0 Å². The van der Waals surface area contributed by atoms with Crippen molar-refractivity contribution in [3.8, 4) is 0 Å². The van der Waals surface area contributed by atoms with Crippen LogP contribution >= 0.6 is 0 Å². The van der Waals surface area contributed by atoms with Crippen molar-refractivity contribution in [3.63, 3.8) is 0 Å². The molecule has 0 aliphatic carbocycles. The lowest BCUT2D eigenvalue weighted by Gasteiger charge is -2.37. The van der Waals surface area contributed by atoms with Crippen LogP contribution < -0.4 is 0 Å². The molecule has 0 amide bonds. The van der Waals surface area contributed by atoms with Crippen LogP contribution in [0.4, 0.5) is 0 Å². The summed E-state index contributed by atoms with van der Waals surface area (Å²) in [7, 11) is -2.50. The monoisotopic (exact) mass is 374 g/mol. The fraction of sp³-hybridized carbons (Fsp3) is 0.600. The highest BCUT2D eigenvalue weighted by Crippen LogP contribution is 2.40. The first kappa shape index (κ1) is 19.1. The van der Waals surface area contributed by atoms with Crippen molar-refractivity contribution in [2.75, 3.05) is 6.61 Å². The molecule has 2 aliphatic heterocycles. The van der Waals surface area contributed by atoms with E-state index >= 15 is 0 Å². The number of hydrogen-bond acceptors (Lipinski definition) is 5. The Morgan fingerprint density at radius 2 is 1.62 bits per heavy atom. The van der Waals surface area contributed by atoms with Crippen molar-refractivity contribution >= 4 is 20.0 Å². The van der Waals surface area contributed by atoms with Gasteiger partial charge in [0.2, 0.25) is 0 Å². The minimum atomic E-state index is -2.50. The molecule has 2 aliphatic rings. The number of fused-ring (bicyclic) bond motifs is 1. The van der Waals surface area contributed by atoms with E-state index in [0.717, 1.165) is 17.0 Å². The number of rotatable bonds is 4. The fourth-order valence-corrected chi connectivity index (χ4v) is 6.92. The maximum absolute atomic E-state index is 6.54. The van der Waals surface area contributed by atoms with E-state index in [1.165, 1.54) is 0 Å². The van der Waals surface area contributed by atoms with Crippen LogP contribution in [0.5, 0.6) is 0 Å². The SMILES string of the molecule is CC(C)/C1=N/O[Si](C(C)C)(C(C)C)OC[C@H]2C1=NO[C@@H]2c1ccccc1. The molecule has 2 atom stereocenters. The van der Waals surface area contributed by atoms with Crippen LogP contribution in [0.3, 0.4) is 0 Å². The molecule has 0 bridgehead atoms. The summed E-state index contributed by atoms with van der Waals surface area (Å²) in [5.74, 6) is 0.241. The van der Waals surface area contributed by atoms with Crippen molar-refractivity contribution in [3.05, 3.63) is 35.9 Å². The molecule has 3 rings (SSSR count). The second-order valence-corrected chi connectivity index (χ2v) is 12.3. The Labute approximate surface area is 157 Å². The topological polar surface area (TPSA) is 52.4 Å². The molecular weight excluding hydrogens is 344 g/mol. The van der Waals surface area contributed by atoms with Crippen LogP contribution in [-0.2, 0) is 13.8 Å². The average Bonchev–Trinajstić information content (AvgIpc) is 2.98. The Morgan fingerprint density at radius 3 is 2.19 bits per heavy atom. The molecule has 0 radical (unpaired) electrons. The van der Waals surface area contributed by atoms with Gasteiger partial charge in [-0.25, -0.2) is 0 Å². The zero-order chi connectivity index (χ0) is 18.9. The van der Waals surface area contributed by atoms with Crippen LogP contribution in [0, 0.1) is 11.8 Å². The maximum Gasteiger partial charge on any atom is 0.432 e. The van der Waals surface area contributed by atoms with Crippen molar-refractivity contribution < 1.29 is 13.8 Å². The molecule has 0 spiro atoms. The molecule has 1 aromatic rings. The highest BCUT2D eigenvalue weighted by Gasteiger charge is 2.51. The van der Waals surface area contributed by atoms with E-state index in [2.05, 4.69) is 64.0 Å². The largest absolute Gasteiger partial charge is 0.432 e. The molecule has 1 aromatic carbocycles. The van der Waals surface area contributed by atoms with Crippen molar-refractivity contribution in [2.24, 2.45) is 22.1 Å². The minimum absolute atomic E-state index is 0.0341. The lowest BCUT2D eigenvalue weighted by molar-refractivity contribution is 0.0396. The molecular formula is C20H30N2O3Si. The first-order valence-electron chi connectivity index (χ1n) is 9.55. The molecule has 6 heteroatoms. The highest BCUT2D eigenvalue weighted by molar-refractivity contribution is 6.70. The zero-order valence-corrected chi connectivity index (χ0v) is 17.6. The summed E-state index contributed by atoms with van der Waals surface area (Å²) in [6.07, 6.45) is -0.140. The molecule has 142 valence electrons. The van der Waals surface area contributed by atoms with E-state index in [9.17, 15) is 0 Å². The number of oxime groups is 2. The van der Waals surface area contributed by atoms with Gasteiger partial charge in [0.1, 0.15) is 11.4 Å². The van der Waals surface area contributed by atoms with Crippen LogP contribution in [0.25, 0.3) is 0 Å². The standard InChI is InChI=1S/C20H30N2O3Si/c1-13(2)18-19-17(20(24-21-19)16-10-8-7-9-11-16)12-23-26(14(3)4,15(5)6)25-22-18/h7-11,13-15,17,20H,12H2,1-6H3/b22-18-/t17-,20+/m0/s1. The van der Waals surface area contributed by atoms with Crippen molar-refractivity contribution in [1.82, 2.24) is 0 Å². The van der Waals surface area contributed by atoms with E-state index in [4.69, 9.17) is 13.8 Å². The first-order valence-corrected chi connectivity index (χ1v) is 11.5. The summed E-state index contributed by atoms with van der Waals surface area (Å²) in [5, 5.41) is 8.99. The van der Waals surface area contributed by atoms with Gasteiger partial charge in [-0.05, 0) is 5.56 Å². The van der Waals surface area contributed by atoms with Gasteiger partial charge in [-0.2, -0.15) is 0 Å². The molecule has 2 heterocycles. The lowest BCUT2D eigenvalue weighted by atomic mass is 9.87. The second kappa shape index (κ2) is 7.52. The third-order valence-electron chi connectivity index (χ3n) is 5.30. The van der Waals surface area contributed by atoms with Crippen molar-refractivity contribution in [1.29, 1.82) is 0 Å². The van der Waals surface area contributed by atoms with Gasteiger partial charge in [0, 0.05) is 23.6 Å². The van der Waals surface area contributed by atoms with Crippen LogP contribution in [0.2, 0.25) is 11.1 Å². The Hall–Kier alpha value is -1.66. The van der Waals surface area contributed by atoms with Crippen LogP contribution in [0.1, 0.15) is 53.2 Å². The summed E-state index contributed by atoms with van der Waals surface area (Å²) in [5.41, 5.74) is 3.47. The fourth-order valence-electron chi connectivity index (χ4n) is 3.76. The molecule has 5 nitrogen and oxygen atoms in total. The highest BCUT2D eigenvalue weighted by atomic mass is 28.4. The summed E-state index contributed by atoms with van der Waals surface area (Å²) in [4.78, 5) is 5.85. The third-order valence-corrected chi connectivity index (χ3v) is 9.52. The van der Waals surface area contributed by atoms with Gasteiger partial charge in [0.05, 0.1) is 5.92 Å². The molecule has 26 heavy (non-hydrogen) atoms. The summed E-state index contributed by atoms with van der Waals surface area (Å²) in [6, 6.07) is 10.2. The summed E-state index contributed by atoms with van der Waals surface area (Å²) < 4.78 is 12.7. The Kier molecular flexibility index (Phi) is 5.53. The van der Waals surface area contributed by atoms with E-state index in [-0.39, 0.29) is 17.9 Å². The quantitative estimate of drug-likeness (QED) is 0.693. The second-order valence-electron chi connectivity index (χ2n) is 8.08. The van der Waals surface area contributed by atoms with Gasteiger partial charge in [-0.1, -0.05) is 77.0 Å². The van der Waals surface area contributed by atoms with Gasteiger partial charge in [-0.15, -0.1) is 5.16 Å². The van der Waals surface area contributed by atoms with Gasteiger partial charge < -0.3 is 13.8 Å². The molecule has 0 saturated heterocycles. The van der Waals surface area contributed by atoms with E-state index < -0.39 is 8.56 Å². The zero-order valence-electron chi connectivity index (χ0n) is 16.6. The van der Waals surface area contributed by atoms with E-state index in [1.807, 2.05) is 18.2 Å². The molecule has 0 fully saturated rings. The molecule has 0 unspecified atom stereocenters. The Balaban J connectivity index is 2.00. The summed E-state index contributed by atoms with van der Waals surface area (Å²) >= 11 is 0. The maximum atomic E-state index is 6.54. The minimum Gasteiger partial charge on any atom is -0.420 e. The normalized spacial score (nSPS) is 27.1. The molecule has 0 aromatic heterocycles. The van der Waals surface area contributed by atoms with Gasteiger partial charge in [-0.3, -0.25) is 0 Å². The number of benzene rings is 1. The van der Waals surface area contributed by atoms with Crippen LogP contribution in [-0.4, -0.2) is 26.6 Å². The van der Waals surface area contributed by atoms with E-state index in [0.29, 0.717) is 17.7 Å². The predicted molar refractivity (Wildman–Crippen MR) is 106 cm³/mol. The van der Waals surface area contributed by atoms with E-state index in [1.54, 1.807) is 0 Å². The smallest absolute Gasteiger partial charge is 0.420 e. The third kappa shape index (κ3) is 3.32. The average molecular weight is 375 g/mol. The number of nitrogens with zero attached hydrogens (tertiary/aromatic N) is 2. The molecule has 0 saturated carbocycles. The Morgan fingerprint density at radius 1 is 0.962 bits per heavy atom. The van der Waals surface area contributed by atoms with Gasteiger partial charge in [0.15, 0.2) is 6.10 Å². The first-order chi connectivity index (χ1) is 12.4. The number of hydrogen-bond donors (Lipinski definition) is 0. The predicted octanol–water partition coefficient (Wildman–Crippen LogP) is 5.05. The van der Waals surface area contributed by atoms with Gasteiger partial charge >= 0.3 is 8.56 Å². The Bertz CT molecular complexity index is 678. The lowest BCUT2D eigenvalue weighted by Crippen LogP contribution is -2.50. The summed E-state index contributed by atoms with van der Waals surface area (Å²) in [6.45, 7) is 13.5.